The monoisotopic (exact) mass is 444 g/mol. The molecule has 1 aliphatic rings. The highest BCUT2D eigenvalue weighted by Crippen LogP contribution is 2.35. The minimum atomic E-state index is -0.529. The van der Waals surface area contributed by atoms with Crippen molar-refractivity contribution >= 4 is 33.4 Å². The fourth-order valence-electron chi connectivity index (χ4n) is 3.17. The summed E-state index contributed by atoms with van der Waals surface area (Å²) in [6.07, 6.45) is 0. The molecule has 0 saturated heterocycles. The lowest BCUT2D eigenvalue weighted by atomic mass is 10.2. The molecule has 0 spiro atoms. The van der Waals surface area contributed by atoms with Crippen LogP contribution in [0.1, 0.15) is 10.4 Å². The number of ether oxygens (including phenoxy) is 5. The van der Waals surface area contributed by atoms with Crippen molar-refractivity contribution in [2.24, 2.45) is 4.99 Å². The first-order valence-corrected chi connectivity index (χ1v) is 10.2. The van der Waals surface area contributed by atoms with Gasteiger partial charge >= 0.3 is 5.97 Å². The van der Waals surface area contributed by atoms with Gasteiger partial charge in [0.1, 0.15) is 31.3 Å². The summed E-state index contributed by atoms with van der Waals surface area (Å²) < 4.78 is 29.0. The predicted molar refractivity (Wildman–Crippen MR) is 112 cm³/mol. The fourth-order valence-corrected chi connectivity index (χ4v) is 4.20. The molecule has 0 aliphatic carbocycles. The summed E-state index contributed by atoms with van der Waals surface area (Å²) in [7, 11) is 4.29. The third-order valence-electron chi connectivity index (χ3n) is 4.70. The summed E-state index contributed by atoms with van der Waals surface area (Å²) >= 11 is 1.26. The second-order valence-corrected chi connectivity index (χ2v) is 7.50. The number of carbonyl (C=O) groups is 2. The number of nitrogens with zero attached hydrogens (tertiary/aromatic N) is 2. The van der Waals surface area contributed by atoms with Crippen LogP contribution < -0.4 is 23.7 Å². The van der Waals surface area contributed by atoms with Crippen molar-refractivity contribution in [3.8, 4) is 23.0 Å². The van der Waals surface area contributed by atoms with Crippen LogP contribution in [-0.4, -0.2) is 51.0 Å². The van der Waals surface area contributed by atoms with Gasteiger partial charge in [0.2, 0.25) is 0 Å². The van der Waals surface area contributed by atoms with Gasteiger partial charge in [0.05, 0.1) is 37.1 Å². The first-order valence-electron chi connectivity index (χ1n) is 9.35. The van der Waals surface area contributed by atoms with Crippen LogP contribution in [0.4, 0.5) is 0 Å². The van der Waals surface area contributed by atoms with Crippen LogP contribution in [0.3, 0.4) is 0 Å². The molecule has 2 heterocycles. The second kappa shape index (κ2) is 8.68. The number of benzene rings is 2. The maximum absolute atomic E-state index is 13.0. The third kappa shape index (κ3) is 4.06. The Hall–Kier alpha value is -3.53. The van der Waals surface area contributed by atoms with E-state index in [1.54, 1.807) is 28.8 Å². The number of carbonyl (C=O) groups excluding carboxylic acids is 2. The topological polar surface area (TPSA) is 97.6 Å². The van der Waals surface area contributed by atoms with E-state index in [0.717, 1.165) is 4.70 Å². The van der Waals surface area contributed by atoms with Crippen LogP contribution in [0.5, 0.6) is 23.0 Å². The van der Waals surface area contributed by atoms with E-state index >= 15 is 0 Å². The number of hydrogen-bond donors (Lipinski definition) is 0. The molecule has 0 saturated carbocycles. The lowest BCUT2D eigenvalue weighted by Gasteiger charge is -2.18. The van der Waals surface area contributed by atoms with E-state index in [4.69, 9.17) is 23.7 Å². The Morgan fingerprint density at radius 1 is 1.06 bits per heavy atom. The zero-order chi connectivity index (χ0) is 22.0. The normalized spacial score (nSPS) is 13.2. The number of hydrogen-bond acceptors (Lipinski definition) is 8. The Labute approximate surface area is 181 Å². The smallest absolute Gasteiger partial charge is 0.325 e. The van der Waals surface area contributed by atoms with Gasteiger partial charge in [0, 0.05) is 12.1 Å². The van der Waals surface area contributed by atoms with Gasteiger partial charge in [-0.1, -0.05) is 11.3 Å². The minimum absolute atomic E-state index is 0.114. The number of amides is 1. The standard InChI is InChI=1S/C21H20N2O7S/c1-26-12-4-5-15(27-2)13(8-12)20(25)22-21-23(11-19(24)28-3)14-9-16-17(10-18(14)31-21)30-7-6-29-16/h4-5,8-10H,6-7,11H2,1-3H3. The molecule has 0 radical (unpaired) electrons. The van der Waals surface area contributed by atoms with Crippen LogP contribution in [0.25, 0.3) is 10.2 Å². The number of aromatic nitrogens is 1. The van der Waals surface area contributed by atoms with Crippen LogP contribution in [0.2, 0.25) is 0 Å². The summed E-state index contributed by atoms with van der Waals surface area (Å²) in [6, 6.07) is 8.48. The average molecular weight is 444 g/mol. The molecule has 0 fully saturated rings. The second-order valence-electron chi connectivity index (χ2n) is 6.49. The van der Waals surface area contributed by atoms with Crippen molar-refractivity contribution in [1.29, 1.82) is 0 Å². The molecule has 0 unspecified atom stereocenters. The number of esters is 1. The molecular formula is C21H20N2O7S. The fraction of sp³-hybridized carbons (Fsp3) is 0.286. The highest BCUT2D eigenvalue weighted by atomic mass is 32.1. The van der Waals surface area contributed by atoms with E-state index in [0.29, 0.717) is 46.5 Å². The van der Waals surface area contributed by atoms with Gasteiger partial charge in [0.15, 0.2) is 16.3 Å². The molecule has 1 amide bonds. The van der Waals surface area contributed by atoms with Gasteiger partial charge in [-0.05, 0) is 18.2 Å². The lowest BCUT2D eigenvalue weighted by molar-refractivity contribution is -0.141. The molecule has 0 bridgehead atoms. The van der Waals surface area contributed by atoms with E-state index in [1.807, 2.05) is 6.07 Å². The quantitative estimate of drug-likeness (QED) is 0.558. The molecule has 0 atom stereocenters. The summed E-state index contributed by atoms with van der Waals surface area (Å²) in [6.45, 7) is 0.778. The molecule has 2 aromatic carbocycles. The Morgan fingerprint density at radius 3 is 2.48 bits per heavy atom. The summed E-state index contributed by atoms with van der Waals surface area (Å²) in [5, 5.41) is 0. The number of thiazole rings is 1. The molecule has 10 heteroatoms. The van der Waals surface area contributed by atoms with Gasteiger partial charge in [0.25, 0.3) is 5.91 Å². The zero-order valence-corrected chi connectivity index (χ0v) is 18.0. The summed E-state index contributed by atoms with van der Waals surface area (Å²) in [4.78, 5) is 29.7. The molecule has 162 valence electrons. The maximum atomic E-state index is 13.0. The Kier molecular flexibility index (Phi) is 5.81. The molecule has 9 nitrogen and oxygen atoms in total. The zero-order valence-electron chi connectivity index (χ0n) is 17.2. The molecule has 1 aromatic heterocycles. The van der Waals surface area contributed by atoms with Crippen molar-refractivity contribution in [2.45, 2.75) is 6.54 Å². The number of fused-ring (bicyclic) bond motifs is 2. The molecular weight excluding hydrogens is 424 g/mol. The van der Waals surface area contributed by atoms with Crippen LogP contribution in [0, 0.1) is 0 Å². The Balaban J connectivity index is 1.87. The van der Waals surface area contributed by atoms with E-state index in [-0.39, 0.29) is 12.1 Å². The summed E-state index contributed by atoms with van der Waals surface area (Å²) in [5.74, 6) is 1.05. The first kappa shape index (κ1) is 20.7. The Morgan fingerprint density at radius 2 is 1.81 bits per heavy atom. The molecule has 31 heavy (non-hydrogen) atoms. The molecule has 1 aliphatic heterocycles. The first-order chi connectivity index (χ1) is 15.0. The molecule has 0 N–H and O–H groups in total. The van der Waals surface area contributed by atoms with Gasteiger partial charge in [-0.25, -0.2) is 0 Å². The van der Waals surface area contributed by atoms with Gasteiger partial charge in [-0.2, -0.15) is 4.99 Å². The predicted octanol–water partition coefficient (Wildman–Crippen LogP) is 2.41. The van der Waals surface area contributed by atoms with E-state index in [9.17, 15) is 9.59 Å². The maximum Gasteiger partial charge on any atom is 0.325 e. The molecule has 3 aromatic rings. The highest BCUT2D eigenvalue weighted by Gasteiger charge is 2.19. The van der Waals surface area contributed by atoms with Crippen LogP contribution in [0.15, 0.2) is 35.3 Å². The van der Waals surface area contributed by atoms with E-state index in [2.05, 4.69) is 4.99 Å². The number of rotatable bonds is 5. The molecule has 4 rings (SSSR count). The van der Waals surface area contributed by atoms with Gasteiger partial charge < -0.3 is 28.3 Å². The average Bonchev–Trinajstić information content (AvgIpc) is 3.12. The van der Waals surface area contributed by atoms with E-state index < -0.39 is 11.9 Å². The van der Waals surface area contributed by atoms with Crippen molar-refractivity contribution in [2.75, 3.05) is 34.5 Å². The van der Waals surface area contributed by atoms with Crippen molar-refractivity contribution < 1.29 is 33.3 Å². The summed E-state index contributed by atoms with van der Waals surface area (Å²) in [5.41, 5.74) is 0.929. The number of methoxy groups -OCH3 is 3. The van der Waals surface area contributed by atoms with Crippen LogP contribution in [-0.2, 0) is 16.1 Å². The largest absolute Gasteiger partial charge is 0.497 e. The van der Waals surface area contributed by atoms with Crippen molar-refractivity contribution in [3.05, 3.63) is 40.7 Å². The van der Waals surface area contributed by atoms with Gasteiger partial charge in [-0.3, -0.25) is 9.59 Å². The van der Waals surface area contributed by atoms with Crippen molar-refractivity contribution in [3.63, 3.8) is 0 Å². The van der Waals surface area contributed by atoms with Gasteiger partial charge in [-0.15, -0.1) is 0 Å². The Bertz CT molecular complexity index is 1230. The van der Waals surface area contributed by atoms with E-state index in [1.165, 1.54) is 32.7 Å². The lowest BCUT2D eigenvalue weighted by Crippen LogP contribution is -2.22. The minimum Gasteiger partial charge on any atom is -0.497 e. The van der Waals surface area contributed by atoms with Crippen molar-refractivity contribution in [1.82, 2.24) is 4.57 Å². The van der Waals surface area contributed by atoms with Crippen LogP contribution >= 0.6 is 11.3 Å². The highest BCUT2D eigenvalue weighted by molar-refractivity contribution is 7.16. The third-order valence-corrected chi connectivity index (χ3v) is 5.74. The SMILES string of the molecule is COC(=O)Cn1c(=NC(=O)c2cc(OC)ccc2OC)sc2cc3c(cc21)OCCO3.